The van der Waals surface area contributed by atoms with Crippen molar-refractivity contribution in [1.82, 2.24) is 14.9 Å². The predicted octanol–water partition coefficient (Wildman–Crippen LogP) is 1.71. The van der Waals surface area contributed by atoms with E-state index in [4.69, 9.17) is 4.74 Å². The number of benzene rings is 1. The molecule has 1 aliphatic carbocycles. The van der Waals surface area contributed by atoms with Crippen molar-refractivity contribution in [2.24, 2.45) is 5.92 Å². The van der Waals surface area contributed by atoms with Crippen molar-refractivity contribution in [2.45, 2.75) is 68.0 Å². The summed E-state index contributed by atoms with van der Waals surface area (Å²) in [6, 6.07) is 4.64. The molecule has 2 fully saturated rings. The van der Waals surface area contributed by atoms with Gasteiger partial charge in [-0.2, -0.15) is 4.73 Å². The minimum absolute atomic E-state index is 0.0831. The Labute approximate surface area is 193 Å². The Bertz CT molecular complexity index is 1230. The van der Waals surface area contributed by atoms with Crippen LogP contribution in [-0.4, -0.2) is 60.3 Å². The van der Waals surface area contributed by atoms with Gasteiger partial charge in [0.05, 0.1) is 16.1 Å². The van der Waals surface area contributed by atoms with E-state index in [1.165, 1.54) is 12.1 Å². The quantitative estimate of drug-likeness (QED) is 0.344. The number of hydrogen-bond donors (Lipinski definition) is 3. The normalized spacial score (nSPS) is 30.2. The fourth-order valence-corrected chi connectivity index (χ4v) is 7.17. The average Bonchev–Trinajstić information content (AvgIpc) is 3.36. The largest absolute Gasteiger partial charge is 0.428 e. The molecular formula is C23H29N3O6S. The van der Waals surface area contributed by atoms with Crippen molar-refractivity contribution in [2.75, 3.05) is 13.2 Å². The second kappa shape index (κ2) is 7.46. The molecule has 2 N–H and O–H groups in total. The third kappa shape index (κ3) is 2.76. The maximum atomic E-state index is 14.1. The van der Waals surface area contributed by atoms with Crippen LogP contribution in [0, 0.1) is 5.92 Å². The Morgan fingerprint density at radius 3 is 2.76 bits per heavy atom. The first-order chi connectivity index (χ1) is 15.7. The summed E-state index contributed by atoms with van der Waals surface area (Å²) >= 11 is 0. The van der Waals surface area contributed by atoms with Crippen molar-refractivity contribution >= 4 is 33.9 Å². The molecule has 4 atom stereocenters. The van der Waals surface area contributed by atoms with Gasteiger partial charge in [-0.25, -0.2) is 8.42 Å². The SMILES string of the molecule is CCOC1c2c(n(O)c3cc([SH](=O)=O)ccc23)C(C)(C)C2C[C@@H]3CCCN3C(=O)[C@]12NC=O. The number of rotatable bonds is 5. The van der Waals surface area contributed by atoms with E-state index in [1.807, 2.05) is 25.7 Å². The molecule has 0 saturated carbocycles. The Kier molecular flexibility index (Phi) is 5.02. The predicted molar refractivity (Wildman–Crippen MR) is 120 cm³/mol. The topological polar surface area (TPSA) is 118 Å². The standard InChI is InChI=1S/C23H29N3O6S/c1-4-32-20-18-15-8-7-14(33(30)31)11-16(15)26(29)19(18)22(2,3)17-10-13-6-5-9-25(13)21(28)23(17,20)24-12-27/h7-8,11-13,17,20,29,33H,4-6,9-10H2,1-3H3,(H,24,27)/t13-,17?,20?,23+/m0/s1. The highest BCUT2D eigenvalue weighted by molar-refractivity contribution is 7.72. The number of thiol groups is 1. The van der Waals surface area contributed by atoms with E-state index in [9.17, 15) is 23.2 Å². The van der Waals surface area contributed by atoms with Crippen LogP contribution >= 0.6 is 0 Å². The maximum Gasteiger partial charge on any atom is 0.251 e. The van der Waals surface area contributed by atoms with Gasteiger partial charge in [-0.05, 0) is 38.3 Å². The lowest BCUT2D eigenvalue weighted by molar-refractivity contribution is -0.168. The smallest absolute Gasteiger partial charge is 0.251 e. The molecule has 2 aromatic rings. The van der Waals surface area contributed by atoms with E-state index < -0.39 is 27.8 Å². The van der Waals surface area contributed by atoms with Crippen LogP contribution in [0.3, 0.4) is 0 Å². The second-order valence-electron chi connectivity index (χ2n) is 9.80. The molecule has 9 nitrogen and oxygen atoms in total. The number of hydrogen-bond acceptors (Lipinski definition) is 6. The molecule has 0 spiro atoms. The van der Waals surface area contributed by atoms with Crippen molar-refractivity contribution in [3.8, 4) is 0 Å². The first kappa shape index (κ1) is 22.2. The molecular weight excluding hydrogens is 446 g/mol. The van der Waals surface area contributed by atoms with Gasteiger partial charge in [-0.1, -0.05) is 19.9 Å². The molecule has 0 radical (unpaired) electrons. The van der Waals surface area contributed by atoms with Gasteiger partial charge in [0.25, 0.3) is 5.91 Å². The van der Waals surface area contributed by atoms with Crippen LogP contribution in [0.25, 0.3) is 10.9 Å². The summed E-state index contributed by atoms with van der Waals surface area (Å²) in [6.07, 6.45) is 2.23. The highest BCUT2D eigenvalue weighted by atomic mass is 32.2. The van der Waals surface area contributed by atoms with Gasteiger partial charge in [-0.15, -0.1) is 0 Å². The van der Waals surface area contributed by atoms with Crippen LogP contribution in [0.15, 0.2) is 23.1 Å². The summed E-state index contributed by atoms with van der Waals surface area (Å²) in [5.74, 6) is -0.486. The van der Waals surface area contributed by atoms with Crippen molar-refractivity contribution < 1.29 is 28.0 Å². The molecule has 2 aliphatic heterocycles. The summed E-state index contributed by atoms with van der Waals surface area (Å²) in [5, 5.41) is 14.8. The summed E-state index contributed by atoms with van der Waals surface area (Å²) < 4.78 is 30.5. The van der Waals surface area contributed by atoms with Crippen molar-refractivity contribution in [3.63, 3.8) is 0 Å². The van der Waals surface area contributed by atoms with Gasteiger partial charge in [-0.3, -0.25) is 9.59 Å². The van der Waals surface area contributed by atoms with E-state index in [1.54, 1.807) is 6.07 Å². The van der Waals surface area contributed by atoms with E-state index in [0.29, 0.717) is 48.1 Å². The fraction of sp³-hybridized carbons (Fsp3) is 0.565. The molecule has 2 saturated heterocycles. The molecule has 0 bridgehead atoms. The Balaban J connectivity index is 1.86. The van der Waals surface area contributed by atoms with Gasteiger partial charge in [0, 0.05) is 41.5 Å². The number of aromatic nitrogens is 1. The lowest BCUT2D eigenvalue weighted by atomic mass is 9.54. The average molecular weight is 476 g/mol. The number of amides is 2. The Morgan fingerprint density at radius 2 is 2.09 bits per heavy atom. The van der Waals surface area contributed by atoms with Gasteiger partial charge >= 0.3 is 0 Å². The molecule has 1 aromatic carbocycles. The van der Waals surface area contributed by atoms with Crippen molar-refractivity contribution in [1.29, 1.82) is 0 Å². The molecule has 10 heteroatoms. The number of piperidine rings is 1. The zero-order chi connectivity index (χ0) is 23.7. The van der Waals surface area contributed by atoms with Gasteiger partial charge < -0.3 is 20.2 Å². The summed E-state index contributed by atoms with van der Waals surface area (Å²) in [6.45, 7) is 6.70. The van der Waals surface area contributed by atoms with Crippen LogP contribution in [0.2, 0.25) is 0 Å². The Morgan fingerprint density at radius 1 is 1.33 bits per heavy atom. The van der Waals surface area contributed by atoms with E-state index in [0.717, 1.165) is 17.6 Å². The highest BCUT2D eigenvalue weighted by Crippen LogP contribution is 2.59. The van der Waals surface area contributed by atoms with E-state index >= 15 is 0 Å². The minimum atomic E-state index is -2.83. The molecule has 178 valence electrons. The molecule has 3 heterocycles. The third-order valence-corrected chi connectivity index (χ3v) is 8.71. The lowest BCUT2D eigenvalue weighted by Crippen LogP contribution is -2.74. The fourth-order valence-electron chi connectivity index (χ4n) is 6.75. The van der Waals surface area contributed by atoms with Gasteiger partial charge in [0.1, 0.15) is 6.10 Å². The molecule has 5 rings (SSSR count). The van der Waals surface area contributed by atoms with E-state index in [2.05, 4.69) is 5.32 Å². The van der Waals surface area contributed by atoms with Gasteiger partial charge in [0.2, 0.25) is 6.41 Å². The second-order valence-corrected chi connectivity index (χ2v) is 10.8. The van der Waals surface area contributed by atoms with Crippen LogP contribution in [-0.2, 0) is 30.4 Å². The number of nitrogens with zero attached hydrogens (tertiary/aromatic N) is 2. The monoisotopic (exact) mass is 475 g/mol. The van der Waals surface area contributed by atoms with Crippen LogP contribution in [0.5, 0.6) is 0 Å². The number of carbonyl (C=O) groups is 2. The lowest BCUT2D eigenvalue weighted by Gasteiger charge is -2.59. The van der Waals surface area contributed by atoms with Crippen LogP contribution in [0.4, 0.5) is 0 Å². The highest BCUT2D eigenvalue weighted by Gasteiger charge is 2.67. The zero-order valence-corrected chi connectivity index (χ0v) is 19.8. The first-order valence-corrected chi connectivity index (χ1v) is 12.5. The third-order valence-electron chi connectivity index (χ3n) is 8.02. The van der Waals surface area contributed by atoms with Gasteiger partial charge in [0.15, 0.2) is 16.2 Å². The molecule has 2 unspecified atom stereocenters. The molecule has 33 heavy (non-hydrogen) atoms. The first-order valence-electron chi connectivity index (χ1n) is 11.4. The molecule has 3 aliphatic rings. The summed E-state index contributed by atoms with van der Waals surface area (Å²) in [5.41, 5.74) is -0.518. The minimum Gasteiger partial charge on any atom is -0.428 e. The number of ether oxygens (including phenoxy) is 1. The Hall–Kier alpha value is -2.59. The maximum absolute atomic E-state index is 14.1. The molecule has 2 amide bonds. The number of fused-ring (bicyclic) bond motifs is 5. The van der Waals surface area contributed by atoms with Crippen LogP contribution in [0.1, 0.15) is 57.4 Å². The van der Waals surface area contributed by atoms with E-state index in [-0.39, 0.29) is 22.8 Å². The molecule has 1 aromatic heterocycles. The number of carbonyl (C=O) groups excluding carboxylic acids is 2. The van der Waals surface area contributed by atoms with Crippen LogP contribution < -0.4 is 5.32 Å². The zero-order valence-electron chi connectivity index (χ0n) is 18.9. The summed E-state index contributed by atoms with van der Waals surface area (Å²) in [7, 11) is -2.83. The summed E-state index contributed by atoms with van der Waals surface area (Å²) in [4.78, 5) is 28.0. The van der Waals surface area contributed by atoms with Crippen molar-refractivity contribution in [3.05, 3.63) is 29.5 Å². The number of nitrogens with one attached hydrogen (secondary N) is 1.